The van der Waals surface area contributed by atoms with Crippen LogP contribution < -0.4 is 0 Å². The standard InChI is InChI=1S/C26H40O18/c27-4-8-3-11(9-1-2-38-23(14(8)9)44-25-20(36)18(34)16(32)12(5-28)41-25)40-26-21(37)22(17(33)13(6-29)42-26)43-24-19(35)15(31)10(30)7-39-24/h1-3,9-37H,4-7H2. The van der Waals surface area contributed by atoms with Gasteiger partial charge in [0.1, 0.15) is 67.1 Å². The maximum atomic E-state index is 11.1. The van der Waals surface area contributed by atoms with E-state index in [4.69, 9.17) is 33.2 Å². The van der Waals surface area contributed by atoms with E-state index in [0.717, 1.165) is 0 Å². The summed E-state index contributed by atoms with van der Waals surface area (Å²) in [5.41, 5.74) is 0.363. The van der Waals surface area contributed by atoms with Gasteiger partial charge in [0.05, 0.1) is 44.7 Å². The first-order valence-corrected chi connectivity index (χ1v) is 14.2. The molecule has 0 radical (unpaired) electrons. The third kappa shape index (κ3) is 6.42. The van der Waals surface area contributed by atoms with E-state index in [9.17, 15) is 56.2 Å². The number of aliphatic hydroxyl groups is 11. The van der Waals surface area contributed by atoms with Crippen molar-refractivity contribution in [3.05, 3.63) is 24.0 Å². The molecule has 11 N–H and O–H groups in total. The largest absolute Gasteiger partial charge is 0.472 e. The summed E-state index contributed by atoms with van der Waals surface area (Å²) in [6, 6.07) is 0. The molecule has 4 aliphatic heterocycles. The van der Waals surface area contributed by atoms with Crippen LogP contribution in [0.4, 0.5) is 0 Å². The zero-order valence-electron chi connectivity index (χ0n) is 23.2. The lowest BCUT2D eigenvalue weighted by molar-refractivity contribution is -0.355. The Morgan fingerprint density at radius 3 is 1.95 bits per heavy atom. The molecule has 44 heavy (non-hydrogen) atoms. The highest BCUT2D eigenvalue weighted by Crippen LogP contribution is 2.43. The van der Waals surface area contributed by atoms with E-state index in [1.807, 2.05) is 0 Å². The fourth-order valence-corrected chi connectivity index (χ4v) is 6.02. The van der Waals surface area contributed by atoms with Crippen molar-refractivity contribution in [2.24, 2.45) is 11.8 Å². The van der Waals surface area contributed by atoms with Gasteiger partial charge in [0.2, 0.25) is 6.29 Å². The molecule has 18 nitrogen and oxygen atoms in total. The van der Waals surface area contributed by atoms with Crippen LogP contribution in [0.3, 0.4) is 0 Å². The van der Waals surface area contributed by atoms with Gasteiger partial charge in [-0.15, -0.1) is 0 Å². The number of rotatable bonds is 9. The van der Waals surface area contributed by atoms with Crippen LogP contribution in [0.25, 0.3) is 0 Å². The molecule has 5 rings (SSSR count). The van der Waals surface area contributed by atoms with Crippen molar-refractivity contribution < 1.29 is 89.3 Å². The highest BCUT2D eigenvalue weighted by Gasteiger charge is 2.53. The molecule has 18 unspecified atom stereocenters. The van der Waals surface area contributed by atoms with E-state index in [2.05, 4.69) is 0 Å². The highest BCUT2D eigenvalue weighted by atomic mass is 16.8. The van der Waals surface area contributed by atoms with Gasteiger partial charge in [-0.1, -0.05) is 6.08 Å². The first-order chi connectivity index (χ1) is 21.0. The van der Waals surface area contributed by atoms with Gasteiger partial charge in [-0.3, -0.25) is 0 Å². The highest BCUT2D eigenvalue weighted by molar-refractivity contribution is 5.26. The maximum absolute atomic E-state index is 11.1. The van der Waals surface area contributed by atoms with Crippen LogP contribution in [-0.2, 0) is 33.2 Å². The van der Waals surface area contributed by atoms with E-state index in [1.165, 1.54) is 12.3 Å². The van der Waals surface area contributed by atoms with Gasteiger partial charge in [0.25, 0.3) is 0 Å². The third-order valence-corrected chi connectivity index (χ3v) is 8.57. The molecule has 3 saturated heterocycles. The Morgan fingerprint density at radius 1 is 0.659 bits per heavy atom. The molecule has 0 spiro atoms. The van der Waals surface area contributed by atoms with Gasteiger partial charge in [0.15, 0.2) is 18.9 Å². The van der Waals surface area contributed by atoms with Gasteiger partial charge in [-0.25, -0.2) is 0 Å². The Morgan fingerprint density at radius 2 is 1.30 bits per heavy atom. The fraction of sp³-hybridized carbons (Fsp3) is 0.846. The summed E-state index contributed by atoms with van der Waals surface area (Å²) in [7, 11) is 0. The smallest absolute Gasteiger partial charge is 0.209 e. The van der Waals surface area contributed by atoms with Crippen LogP contribution in [0.2, 0.25) is 0 Å². The molecular weight excluding hydrogens is 600 g/mol. The summed E-state index contributed by atoms with van der Waals surface area (Å²) in [6.45, 7) is -2.29. The van der Waals surface area contributed by atoms with Crippen LogP contribution in [0, 0.1) is 11.8 Å². The first kappa shape index (κ1) is 33.9. The summed E-state index contributed by atoms with van der Waals surface area (Å²) in [6.07, 6.45) is -19.6. The van der Waals surface area contributed by atoms with Crippen LogP contribution in [0.5, 0.6) is 0 Å². The molecule has 0 amide bonds. The van der Waals surface area contributed by atoms with Crippen molar-refractivity contribution in [1.29, 1.82) is 0 Å². The van der Waals surface area contributed by atoms with Gasteiger partial charge in [-0.2, -0.15) is 0 Å². The molecule has 18 atom stereocenters. The van der Waals surface area contributed by atoms with Crippen molar-refractivity contribution in [1.82, 2.24) is 0 Å². The normalized spacial score (nSPS) is 51.0. The molecule has 0 saturated carbocycles. The van der Waals surface area contributed by atoms with E-state index in [0.29, 0.717) is 5.57 Å². The predicted octanol–water partition coefficient (Wildman–Crippen LogP) is -6.51. The van der Waals surface area contributed by atoms with Crippen LogP contribution in [-0.4, -0.2) is 181 Å². The molecule has 0 aromatic heterocycles. The van der Waals surface area contributed by atoms with Gasteiger partial charge in [-0.05, 0) is 11.6 Å². The van der Waals surface area contributed by atoms with Gasteiger partial charge in [0, 0.05) is 5.92 Å². The number of hydrogen-bond acceptors (Lipinski definition) is 18. The number of ether oxygens (including phenoxy) is 7. The second-order valence-electron chi connectivity index (χ2n) is 11.3. The van der Waals surface area contributed by atoms with Crippen LogP contribution >= 0.6 is 0 Å². The molecule has 0 bridgehead atoms. The molecule has 1 aliphatic carbocycles. The fourth-order valence-electron chi connectivity index (χ4n) is 6.02. The second kappa shape index (κ2) is 14.2. The molecular formula is C26H40O18. The zero-order valence-corrected chi connectivity index (χ0v) is 23.2. The predicted molar refractivity (Wildman–Crippen MR) is 136 cm³/mol. The second-order valence-corrected chi connectivity index (χ2v) is 11.3. The average Bonchev–Trinajstić information content (AvgIpc) is 3.38. The van der Waals surface area contributed by atoms with E-state index in [-0.39, 0.29) is 0 Å². The first-order valence-electron chi connectivity index (χ1n) is 14.2. The number of fused-ring (bicyclic) bond motifs is 1. The SMILES string of the molecule is OCC1=CC(OC2OC(CO)C(O)C(OC3OCC(O)C(O)C3O)C2O)C2C=COC(OC3OC(CO)C(O)C(O)C3O)C12. The minimum absolute atomic E-state index is 0.363. The topological polar surface area (TPSA) is 287 Å². The Kier molecular flexibility index (Phi) is 10.9. The summed E-state index contributed by atoms with van der Waals surface area (Å²) in [4.78, 5) is 0. The van der Waals surface area contributed by atoms with Crippen molar-refractivity contribution in [2.75, 3.05) is 26.4 Å². The third-order valence-electron chi connectivity index (χ3n) is 8.57. The van der Waals surface area contributed by atoms with E-state index < -0.39 is 137 Å². The van der Waals surface area contributed by atoms with E-state index in [1.54, 1.807) is 6.08 Å². The molecule has 252 valence electrons. The molecule has 18 heteroatoms. The summed E-state index contributed by atoms with van der Waals surface area (Å²) >= 11 is 0. The Bertz CT molecular complexity index is 1010. The van der Waals surface area contributed by atoms with Gasteiger partial charge < -0.3 is 89.3 Å². The summed E-state index contributed by atoms with van der Waals surface area (Å²) in [5.74, 6) is -1.39. The molecule has 0 aromatic carbocycles. The Balaban J connectivity index is 1.30. The lowest BCUT2D eigenvalue weighted by atomic mass is 9.88. The lowest BCUT2D eigenvalue weighted by Gasteiger charge is -2.45. The van der Waals surface area contributed by atoms with Crippen molar-refractivity contribution >= 4 is 0 Å². The van der Waals surface area contributed by atoms with Crippen LogP contribution in [0.15, 0.2) is 24.0 Å². The molecule has 3 fully saturated rings. The molecule has 5 aliphatic rings. The van der Waals surface area contributed by atoms with Crippen molar-refractivity contribution in [3.8, 4) is 0 Å². The Hall–Kier alpha value is -1.40. The lowest BCUT2D eigenvalue weighted by Crippen LogP contribution is -2.63. The number of aliphatic hydroxyl groups excluding tert-OH is 11. The van der Waals surface area contributed by atoms with Crippen molar-refractivity contribution in [2.45, 2.75) is 98.4 Å². The monoisotopic (exact) mass is 640 g/mol. The van der Waals surface area contributed by atoms with Crippen molar-refractivity contribution in [3.63, 3.8) is 0 Å². The molecule has 0 aromatic rings. The Labute approximate surface area is 250 Å². The quantitative estimate of drug-likeness (QED) is 0.104. The minimum Gasteiger partial charge on any atom is -0.472 e. The van der Waals surface area contributed by atoms with Crippen LogP contribution in [0.1, 0.15) is 0 Å². The maximum Gasteiger partial charge on any atom is 0.209 e. The number of hydrogen-bond donors (Lipinski definition) is 11. The van der Waals surface area contributed by atoms with E-state index >= 15 is 0 Å². The average molecular weight is 641 g/mol. The zero-order chi connectivity index (χ0) is 31.9. The minimum atomic E-state index is -1.73. The van der Waals surface area contributed by atoms with Gasteiger partial charge >= 0.3 is 0 Å². The summed E-state index contributed by atoms with van der Waals surface area (Å²) in [5, 5.41) is 112. The summed E-state index contributed by atoms with van der Waals surface area (Å²) < 4.78 is 39.3. The molecule has 4 heterocycles.